The maximum Gasteiger partial charge on any atom is 0.0435 e. The van der Waals surface area contributed by atoms with Crippen molar-refractivity contribution in [3.63, 3.8) is 0 Å². The van der Waals surface area contributed by atoms with Gasteiger partial charge in [-0.1, -0.05) is 23.7 Å². The quantitative estimate of drug-likeness (QED) is 0.852. The van der Waals surface area contributed by atoms with Crippen LogP contribution in [0.3, 0.4) is 0 Å². The molecule has 0 amide bonds. The molecule has 0 heterocycles. The molecule has 90 valence electrons. The van der Waals surface area contributed by atoms with Crippen molar-refractivity contribution >= 4 is 11.6 Å². The van der Waals surface area contributed by atoms with Crippen LogP contribution in [0.15, 0.2) is 18.2 Å². The summed E-state index contributed by atoms with van der Waals surface area (Å²) in [5, 5.41) is 4.28. The van der Waals surface area contributed by atoms with Gasteiger partial charge in [0.1, 0.15) is 0 Å². The van der Waals surface area contributed by atoms with Gasteiger partial charge in [-0.3, -0.25) is 0 Å². The molecule has 0 aliphatic rings. The summed E-state index contributed by atoms with van der Waals surface area (Å²) in [5.74, 6) is 0. The summed E-state index contributed by atoms with van der Waals surface area (Å²) in [6, 6.07) is 6.72. The van der Waals surface area contributed by atoms with E-state index in [1.165, 1.54) is 5.56 Å². The van der Waals surface area contributed by atoms with E-state index in [1.54, 1.807) is 0 Å². The number of aryl methyl sites for hydroxylation is 1. The van der Waals surface area contributed by atoms with Crippen LogP contribution in [0.2, 0.25) is 5.02 Å². The van der Waals surface area contributed by atoms with Crippen molar-refractivity contribution in [2.24, 2.45) is 0 Å². The zero-order valence-electron chi connectivity index (χ0n) is 10.5. The summed E-state index contributed by atoms with van der Waals surface area (Å²) in [6.45, 7) is 6.14. The lowest BCUT2D eigenvalue weighted by atomic mass is 10.1. The van der Waals surface area contributed by atoms with Gasteiger partial charge >= 0.3 is 0 Å². The summed E-state index contributed by atoms with van der Waals surface area (Å²) in [4.78, 5) is 2.21. The Morgan fingerprint density at radius 3 is 2.62 bits per heavy atom. The van der Waals surface area contributed by atoms with Crippen LogP contribution in [0.1, 0.15) is 18.1 Å². The van der Waals surface area contributed by atoms with Gasteiger partial charge < -0.3 is 10.2 Å². The van der Waals surface area contributed by atoms with Crippen LogP contribution in [-0.2, 0) is 6.54 Å². The van der Waals surface area contributed by atoms with Gasteiger partial charge in [-0.25, -0.2) is 0 Å². The number of likely N-dealkylation sites (N-methyl/N-ethyl adjacent to an activating group) is 1. The zero-order valence-corrected chi connectivity index (χ0v) is 11.3. The molecule has 0 bridgehead atoms. The number of rotatable bonds is 5. The number of benzene rings is 1. The van der Waals surface area contributed by atoms with Gasteiger partial charge in [-0.05, 0) is 45.1 Å². The standard InChI is InChI=1S/C13H21ClN2/c1-10-7-12(5-6-13(10)14)9-15-8-11(2)16(3)4/h5-7,11,15H,8-9H2,1-4H3. The van der Waals surface area contributed by atoms with Crippen molar-refractivity contribution in [3.05, 3.63) is 34.3 Å². The SMILES string of the molecule is Cc1cc(CNCC(C)N(C)C)ccc1Cl. The second-order valence-corrected chi connectivity index (χ2v) is 4.93. The smallest absolute Gasteiger partial charge is 0.0435 e. The first kappa shape index (κ1) is 13.5. The van der Waals surface area contributed by atoms with Gasteiger partial charge in [0.15, 0.2) is 0 Å². The van der Waals surface area contributed by atoms with E-state index in [0.717, 1.165) is 23.7 Å². The van der Waals surface area contributed by atoms with Crippen LogP contribution in [0, 0.1) is 6.92 Å². The number of nitrogens with one attached hydrogen (secondary N) is 1. The third kappa shape index (κ3) is 4.12. The molecule has 1 aromatic rings. The lowest BCUT2D eigenvalue weighted by Crippen LogP contribution is -2.35. The van der Waals surface area contributed by atoms with E-state index in [2.05, 4.69) is 43.4 Å². The molecule has 0 aliphatic heterocycles. The molecule has 16 heavy (non-hydrogen) atoms. The molecule has 0 aromatic heterocycles. The maximum absolute atomic E-state index is 5.98. The minimum atomic E-state index is 0.549. The molecule has 1 rings (SSSR count). The Labute approximate surface area is 104 Å². The highest BCUT2D eigenvalue weighted by molar-refractivity contribution is 6.31. The predicted molar refractivity (Wildman–Crippen MR) is 71.0 cm³/mol. The fourth-order valence-electron chi connectivity index (χ4n) is 1.42. The number of hydrogen-bond acceptors (Lipinski definition) is 2. The van der Waals surface area contributed by atoms with Crippen LogP contribution in [0.4, 0.5) is 0 Å². The van der Waals surface area contributed by atoms with E-state index in [-0.39, 0.29) is 0 Å². The third-order valence-corrected chi connectivity index (χ3v) is 3.30. The lowest BCUT2D eigenvalue weighted by molar-refractivity contribution is 0.302. The van der Waals surface area contributed by atoms with Crippen LogP contribution in [0.5, 0.6) is 0 Å². The zero-order chi connectivity index (χ0) is 12.1. The molecule has 0 fully saturated rings. The molecule has 0 radical (unpaired) electrons. The van der Waals surface area contributed by atoms with Crippen LogP contribution in [0.25, 0.3) is 0 Å². The van der Waals surface area contributed by atoms with Crippen LogP contribution >= 0.6 is 11.6 Å². The average Bonchev–Trinajstić information content (AvgIpc) is 2.23. The molecule has 1 aromatic carbocycles. The van der Waals surface area contributed by atoms with E-state index in [0.29, 0.717) is 6.04 Å². The van der Waals surface area contributed by atoms with E-state index in [1.807, 2.05) is 13.0 Å². The molecule has 0 saturated carbocycles. The molecular formula is C13H21ClN2. The molecule has 3 heteroatoms. The Hall–Kier alpha value is -0.570. The lowest BCUT2D eigenvalue weighted by Gasteiger charge is -2.20. The molecule has 1 atom stereocenters. The first-order valence-electron chi connectivity index (χ1n) is 5.63. The summed E-state index contributed by atoms with van der Waals surface area (Å²) in [6.07, 6.45) is 0. The fourth-order valence-corrected chi connectivity index (χ4v) is 1.54. The Balaban J connectivity index is 2.40. The Kier molecular flexibility index (Phi) is 5.26. The molecule has 0 spiro atoms. The largest absolute Gasteiger partial charge is 0.311 e. The minimum Gasteiger partial charge on any atom is -0.311 e. The van der Waals surface area contributed by atoms with Gasteiger partial charge in [0.25, 0.3) is 0 Å². The molecule has 1 unspecified atom stereocenters. The van der Waals surface area contributed by atoms with Gasteiger partial charge in [0.05, 0.1) is 0 Å². The van der Waals surface area contributed by atoms with Crippen molar-refractivity contribution in [2.45, 2.75) is 26.4 Å². The summed E-state index contributed by atoms with van der Waals surface area (Å²) < 4.78 is 0. The second kappa shape index (κ2) is 6.24. The van der Waals surface area contributed by atoms with E-state index >= 15 is 0 Å². The van der Waals surface area contributed by atoms with Gasteiger partial charge in [0.2, 0.25) is 0 Å². The minimum absolute atomic E-state index is 0.549. The monoisotopic (exact) mass is 240 g/mol. The van der Waals surface area contributed by atoms with Crippen molar-refractivity contribution in [1.82, 2.24) is 10.2 Å². The number of nitrogens with zero attached hydrogens (tertiary/aromatic N) is 1. The van der Waals surface area contributed by atoms with Crippen molar-refractivity contribution in [1.29, 1.82) is 0 Å². The maximum atomic E-state index is 5.98. The normalized spacial score (nSPS) is 13.1. The first-order valence-corrected chi connectivity index (χ1v) is 6.00. The van der Waals surface area contributed by atoms with E-state index in [4.69, 9.17) is 11.6 Å². The summed E-state index contributed by atoms with van der Waals surface area (Å²) in [5.41, 5.74) is 2.43. The number of halogens is 1. The second-order valence-electron chi connectivity index (χ2n) is 4.53. The summed E-state index contributed by atoms with van der Waals surface area (Å²) >= 11 is 5.98. The van der Waals surface area contributed by atoms with Gasteiger partial charge in [-0.15, -0.1) is 0 Å². The van der Waals surface area contributed by atoms with E-state index in [9.17, 15) is 0 Å². The Morgan fingerprint density at radius 1 is 1.38 bits per heavy atom. The average molecular weight is 241 g/mol. The van der Waals surface area contributed by atoms with Gasteiger partial charge in [-0.2, -0.15) is 0 Å². The molecule has 0 saturated heterocycles. The Morgan fingerprint density at radius 2 is 2.06 bits per heavy atom. The molecule has 1 N–H and O–H groups in total. The Bertz CT molecular complexity index is 337. The first-order chi connectivity index (χ1) is 7.50. The molecule has 2 nitrogen and oxygen atoms in total. The highest BCUT2D eigenvalue weighted by Crippen LogP contribution is 2.15. The molecular weight excluding hydrogens is 220 g/mol. The van der Waals surface area contributed by atoms with Crippen molar-refractivity contribution in [2.75, 3.05) is 20.6 Å². The van der Waals surface area contributed by atoms with Gasteiger partial charge in [0, 0.05) is 24.2 Å². The van der Waals surface area contributed by atoms with Crippen LogP contribution < -0.4 is 5.32 Å². The highest BCUT2D eigenvalue weighted by Gasteiger charge is 2.03. The van der Waals surface area contributed by atoms with E-state index < -0.39 is 0 Å². The predicted octanol–water partition coefficient (Wildman–Crippen LogP) is 2.69. The topological polar surface area (TPSA) is 15.3 Å². The fraction of sp³-hybridized carbons (Fsp3) is 0.538. The van der Waals surface area contributed by atoms with Crippen molar-refractivity contribution < 1.29 is 0 Å². The summed E-state index contributed by atoms with van der Waals surface area (Å²) in [7, 11) is 4.19. The van der Waals surface area contributed by atoms with Crippen LogP contribution in [-0.4, -0.2) is 31.6 Å². The number of hydrogen-bond donors (Lipinski definition) is 1. The highest BCUT2D eigenvalue weighted by atomic mass is 35.5. The third-order valence-electron chi connectivity index (χ3n) is 2.87. The van der Waals surface area contributed by atoms with Crippen molar-refractivity contribution in [3.8, 4) is 0 Å². The molecule has 0 aliphatic carbocycles.